The first-order valence-corrected chi connectivity index (χ1v) is 23.9. The van der Waals surface area contributed by atoms with Crippen molar-refractivity contribution in [1.82, 2.24) is 39.8 Å². The van der Waals surface area contributed by atoms with Crippen LogP contribution in [0.2, 0.25) is 0 Å². The summed E-state index contributed by atoms with van der Waals surface area (Å²) in [4.78, 5) is 67.8. The molecule has 1 aliphatic carbocycles. The van der Waals surface area contributed by atoms with Gasteiger partial charge in [0.15, 0.2) is 0 Å². The monoisotopic (exact) mass is 907 g/mol. The zero-order valence-corrected chi connectivity index (χ0v) is 38.9. The van der Waals surface area contributed by atoms with E-state index in [9.17, 15) is 24.4 Å². The molecule has 3 fully saturated rings. The highest BCUT2D eigenvalue weighted by atomic mass is 16.5. The minimum Gasteiger partial charge on any atom is -0.379 e. The zero-order chi connectivity index (χ0) is 46.9. The number of carbonyl (C=O) groups is 4. The molecular formula is C51H61N11O5. The molecule has 4 aliphatic rings. The van der Waals surface area contributed by atoms with Crippen molar-refractivity contribution in [3.05, 3.63) is 83.8 Å². The number of nitrogens with one attached hydrogen (secondary N) is 4. The van der Waals surface area contributed by atoms with Crippen LogP contribution >= 0.6 is 0 Å². The van der Waals surface area contributed by atoms with Gasteiger partial charge in [-0.3, -0.25) is 34.1 Å². The summed E-state index contributed by atoms with van der Waals surface area (Å²) in [7, 11) is 0. The number of rotatable bonds is 17. The molecule has 3 aromatic heterocycles. The Morgan fingerprint density at radius 1 is 0.925 bits per heavy atom. The van der Waals surface area contributed by atoms with Crippen molar-refractivity contribution in [2.75, 3.05) is 36.9 Å². The second-order valence-electron chi connectivity index (χ2n) is 20.0. The van der Waals surface area contributed by atoms with Crippen LogP contribution in [0.1, 0.15) is 137 Å². The lowest BCUT2D eigenvalue weighted by Gasteiger charge is -2.35. The third-order valence-corrected chi connectivity index (χ3v) is 14.3. The van der Waals surface area contributed by atoms with Crippen LogP contribution in [0, 0.1) is 17.2 Å². The number of nitriles is 1. The summed E-state index contributed by atoms with van der Waals surface area (Å²) in [6.45, 7) is 11.8. The molecule has 3 aliphatic heterocycles. The highest BCUT2D eigenvalue weighted by Crippen LogP contribution is 2.38. The van der Waals surface area contributed by atoms with Gasteiger partial charge in [0.2, 0.25) is 17.8 Å². The van der Waals surface area contributed by atoms with Crippen LogP contribution in [0.5, 0.6) is 0 Å². The molecule has 0 radical (unpaired) electrons. The van der Waals surface area contributed by atoms with Crippen LogP contribution in [0.4, 0.5) is 17.3 Å². The number of aromatic nitrogens is 5. The maximum Gasteiger partial charge on any atom is 0.264 e. The van der Waals surface area contributed by atoms with Crippen molar-refractivity contribution in [3.63, 3.8) is 0 Å². The van der Waals surface area contributed by atoms with Gasteiger partial charge in [-0.2, -0.15) is 15.3 Å². The van der Waals surface area contributed by atoms with Crippen LogP contribution < -0.4 is 16.0 Å². The molecule has 16 heteroatoms. The number of amides is 4. The Balaban J connectivity index is 0.737. The molecule has 1 saturated carbocycles. The quantitative estimate of drug-likeness (QED) is 0.0652. The topological polar surface area (TPSA) is 203 Å². The third-order valence-electron chi connectivity index (χ3n) is 14.3. The summed E-state index contributed by atoms with van der Waals surface area (Å²) in [6.07, 6.45) is 14.8. The van der Waals surface area contributed by atoms with E-state index in [0.29, 0.717) is 42.9 Å². The normalized spacial score (nSPS) is 19.2. The number of fused-ring (bicyclic) bond motifs is 2. The number of carbonyl (C=O) groups excluding carboxylic acids is 4. The standard InChI is InChI=1S/C51H61N11O5/c1-50(2,59-39-11-7-10-37-43(39)48(66)62(47(37)65)41-16-17-42(63)56-46(41)64)23-29-67-51(3,4)22-28-60-26-20-33(21-27-60)32-12-14-36(15-13-32)55-49-57-44(38-19-25-53-45(38)58-49)35-30-54-61(31-35)40(18-24-52)34-8-5-6-9-34/h7,10-15,19,25,30-31,33-34,40-41,59H,5-6,8-9,16-18,20-23,26-29H2,1-4H3,(H,56,63,64)(H2,53,55,57,58). The van der Waals surface area contributed by atoms with E-state index in [0.717, 1.165) is 84.6 Å². The summed E-state index contributed by atoms with van der Waals surface area (Å²) in [5.74, 6) is -0.634. The highest BCUT2D eigenvalue weighted by molar-refractivity contribution is 6.25. The number of H-pyrrole nitrogens is 1. The van der Waals surface area contributed by atoms with Crippen LogP contribution in [0.25, 0.3) is 22.3 Å². The summed E-state index contributed by atoms with van der Waals surface area (Å²) in [5, 5.41) is 24.4. The number of piperidine rings is 2. The maximum absolute atomic E-state index is 13.6. The molecule has 4 N–H and O–H groups in total. The number of hydrogen-bond acceptors (Lipinski definition) is 12. The molecule has 16 nitrogen and oxygen atoms in total. The van der Waals surface area contributed by atoms with E-state index in [2.05, 4.69) is 70.0 Å². The van der Waals surface area contributed by atoms with Crippen molar-refractivity contribution < 1.29 is 23.9 Å². The summed E-state index contributed by atoms with van der Waals surface area (Å²) in [5.41, 5.74) is 4.89. The Morgan fingerprint density at radius 2 is 1.70 bits per heavy atom. The molecule has 2 aromatic carbocycles. The van der Waals surface area contributed by atoms with Crippen molar-refractivity contribution >= 4 is 52.0 Å². The number of ether oxygens (including phenoxy) is 1. The molecule has 5 aromatic rings. The average molecular weight is 908 g/mol. The molecule has 2 atom stereocenters. The lowest BCUT2D eigenvalue weighted by atomic mass is 9.89. The second kappa shape index (κ2) is 19.0. The SMILES string of the molecule is CC(C)(CCOC(C)(C)CCN1CCC(c2ccc(Nc3nc(-c4cnn(C(CC#N)C5CCCC5)c4)c4cc[nH]c4n3)cc2)CC1)Nc1cccc2c1C(=O)N(C1CCC(=O)NC1=O)C2=O. The zero-order valence-electron chi connectivity index (χ0n) is 38.9. The van der Waals surface area contributed by atoms with Gasteiger partial charge in [0.05, 0.1) is 47.2 Å². The number of anilines is 3. The molecule has 67 heavy (non-hydrogen) atoms. The maximum atomic E-state index is 13.6. The highest BCUT2D eigenvalue weighted by Gasteiger charge is 2.46. The Labute approximate surface area is 391 Å². The molecule has 4 amide bonds. The smallest absolute Gasteiger partial charge is 0.264 e. The van der Waals surface area contributed by atoms with Crippen molar-refractivity contribution in [3.8, 4) is 17.3 Å². The largest absolute Gasteiger partial charge is 0.379 e. The van der Waals surface area contributed by atoms with Gasteiger partial charge in [-0.1, -0.05) is 31.0 Å². The Hall–Kier alpha value is -6.44. The minimum atomic E-state index is -1.01. The molecule has 6 heterocycles. The first-order valence-electron chi connectivity index (χ1n) is 23.9. The van der Waals surface area contributed by atoms with Gasteiger partial charge in [0, 0.05) is 59.8 Å². The van der Waals surface area contributed by atoms with E-state index < -0.39 is 35.2 Å². The fraction of sp³-hybridized carbons (Fsp3) is 0.490. The Kier molecular flexibility index (Phi) is 13.0. The lowest BCUT2D eigenvalue weighted by molar-refractivity contribution is -0.136. The van der Waals surface area contributed by atoms with Crippen LogP contribution in [-0.2, 0) is 14.3 Å². The van der Waals surface area contributed by atoms with E-state index in [1.807, 2.05) is 43.2 Å². The van der Waals surface area contributed by atoms with Gasteiger partial charge in [0.25, 0.3) is 11.8 Å². The molecule has 9 rings (SSSR count). The number of hydrogen-bond donors (Lipinski definition) is 4. The number of likely N-dealkylation sites (tertiary alicyclic amines) is 1. The molecule has 0 spiro atoms. The van der Waals surface area contributed by atoms with Gasteiger partial charge >= 0.3 is 0 Å². The van der Waals surface area contributed by atoms with E-state index in [1.54, 1.807) is 18.2 Å². The molecule has 2 unspecified atom stereocenters. The van der Waals surface area contributed by atoms with Gasteiger partial charge in [0.1, 0.15) is 11.7 Å². The number of nitrogens with zero attached hydrogens (tertiary/aromatic N) is 7. The van der Waals surface area contributed by atoms with E-state index in [1.165, 1.54) is 18.4 Å². The Bertz CT molecular complexity index is 2680. The van der Waals surface area contributed by atoms with E-state index in [-0.39, 0.29) is 35.6 Å². The van der Waals surface area contributed by atoms with Crippen molar-refractivity contribution in [2.24, 2.45) is 5.92 Å². The van der Waals surface area contributed by atoms with Crippen LogP contribution in [0.3, 0.4) is 0 Å². The number of imide groups is 2. The predicted molar refractivity (Wildman–Crippen MR) is 255 cm³/mol. The summed E-state index contributed by atoms with van der Waals surface area (Å²) < 4.78 is 8.44. The van der Waals surface area contributed by atoms with E-state index >= 15 is 0 Å². The number of aromatic amines is 1. The lowest BCUT2D eigenvalue weighted by Crippen LogP contribution is -2.54. The minimum absolute atomic E-state index is 0.0707. The fourth-order valence-corrected chi connectivity index (χ4v) is 10.4. The number of benzene rings is 2. The second-order valence-corrected chi connectivity index (χ2v) is 20.0. The van der Waals surface area contributed by atoms with Crippen LogP contribution in [0.15, 0.2) is 67.1 Å². The Morgan fingerprint density at radius 3 is 2.45 bits per heavy atom. The molecule has 0 bridgehead atoms. The molecule has 2 saturated heterocycles. The van der Waals surface area contributed by atoms with Gasteiger partial charge in [-0.25, -0.2) is 4.98 Å². The third kappa shape index (κ3) is 9.99. The van der Waals surface area contributed by atoms with Crippen molar-refractivity contribution in [2.45, 2.75) is 127 Å². The molecular weight excluding hydrogens is 847 g/mol. The predicted octanol–water partition coefficient (Wildman–Crippen LogP) is 8.26. The summed E-state index contributed by atoms with van der Waals surface area (Å²) >= 11 is 0. The van der Waals surface area contributed by atoms with Gasteiger partial charge in [-0.05, 0) is 133 Å². The van der Waals surface area contributed by atoms with Gasteiger partial charge in [-0.15, -0.1) is 0 Å². The first kappa shape index (κ1) is 45.7. The van der Waals surface area contributed by atoms with Crippen LogP contribution in [-0.4, -0.2) is 102 Å². The first-order chi connectivity index (χ1) is 32.3. The summed E-state index contributed by atoms with van der Waals surface area (Å²) in [6, 6.07) is 17.2. The average Bonchev–Trinajstić information content (AvgIpc) is 4.15. The van der Waals surface area contributed by atoms with Crippen molar-refractivity contribution in [1.29, 1.82) is 5.26 Å². The van der Waals surface area contributed by atoms with Gasteiger partial charge < -0.3 is 25.3 Å². The fourth-order valence-electron chi connectivity index (χ4n) is 10.4. The molecule has 350 valence electrons. The van der Waals surface area contributed by atoms with E-state index in [4.69, 9.17) is 19.8 Å².